The van der Waals surface area contributed by atoms with Crippen molar-refractivity contribution in [3.05, 3.63) is 35.4 Å². The molecule has 1 aromatic rings. The van der Waals surface area contributed by atoms with Gasteiger partial charge < -0.3 is 5.32 Å². The molecule has 0 aromatic heterocycles. The van der Waals surface area contributed by atoms with Gasteiger partial charge in [0.25, 0.3) is 0 Å². The van der Waals surface area contributed by atoms with Gasteiger partial charge in [0.1, 0.15) is 11.6 Å². The van der Waals surface area contributed by atoms with E-state index in [0.29, 0.717) is 0 Å². The van der Waals surface area contributed by atoms with Crippen molar-refractivity contribution in [2.75, 3.05) is 0 Å². The van der Waals surface area contributed by atoms with Crippen LogP contribution in [0.2, 0.25) is 0 Å². The van der Waals surface area contributed by atoms with E-state index in [1.165, 1.54) is 31.0 Å². The van der Waals surface area contributed by atoms with Gasteiger partial charge >= 0.3 is 0 Å². The van der Waals surface area contributed by atoms with Gasteiger partial charge in [-0.2, -0.15) is 0 Å². The fraction of sp³-hybridized carbons (Fsp3) is 0.588. The van der Waals surface area contributed by atoms with Crippen LogP contribution in [0.25, 0.3) is 0 Å². The summed E-state index contributed by atoms with van der Waals surface area (Å²) in [4.78, 5) is 12.2. The van der Waals surface area contributed by atoms with Crippen molar-refractivity contribution in [2.45, 2.75) is 57.9 Å². The highest BCUT2D eigenvalue weighted by Crippen LogP contribution is 2.23. The van der Waals surface area contributed by atoms with Crippen LogP contribution < -0.4 is 5.32 Å². The molecule has 0 radical (unpaired) electrons. The lowest BCUT2D eigenvalue weighted by Crippen LogP contribution is -2.38. The van der Waals surface area contributed by atoms with Crippen molar-refractivity contribution >= 4 is 5.91 Å². The third-order valence-electron chi connectivity index (χ3n) is 4.19. The molecule has 116 valence electrons. The summed E-state index contributed by atoms with van der Waals surface area (Å²) in [6, 6.07) is 3.58. The topological polar surface area (TPSA) is 29.1 Å². The summed E-state index contributed by atoms with van der Waals surface area (Å²) in [7, 11) is 0. The van der Waals surface area contributed by atoms with E-state index in [1.807, 2.05) is 0 Å². The number of carbonyl (C=O) groups excluding carboxylic acids is 1. The number of nitrogens with one attached hydrogen (secondary N) is 1. The van der Waals surface area contributed by atoms with Gasteiger partial charge in [0.15, 0.2) is 0 Å². The fourth-order valence-electron chi connectivity index (χ4n) is 2.99. The zero-order chi connectivity index (χ0) is 15.2. The minimum Gasteiger partial charge on any atom is -0.353 e. The number of halogens is 2. The SMILES string of the molecule is C[C@H](Cc1c(F)cccc1F)NC(=O)C1CCCCCC1. The summed E-state index contributed by atoms with van der Waals surface area (Å²) >= 11 is 0. The first kappa shape index (κ1) is 15.9. The highest BCUT2D eigenvalue weighted by molar-refractivity contribution is 5.78. The van der Waals surface area contributed by atoms with Crippen LogP contribution in [0.1, 0.15) is 51.0 Å². The van der Waals surface area contributed by atoms with E-state index in [-0.39, 0.29) is 29.9 Å². The van der Waals surface area contributed by atoms with E-state index in [0.717, 1.165) is 25.7 Å². The Morgan fingerprint density at radius 2 is 1.76 bits per heavy atom. The van der Waals surface area contributed by atoms with E-state index in [1.54, 1.807) is 6.92 Å². The van der Waals surface area contributed by atoms with E-state index in [9.17, 15) is 13.6 Å². The van der Waals surface area contributed by atoms with E-state index in [2.05, 4.69) is 5.32 Å². The van der Waals surface area contributed by atoms with Crippen molar-refractivity contribution < 1.29 is 13.6 Å². The maximum atomic E-state index is 13.6. The predicted octanol–water partition coefficient (Wildman–Crippen LogP) is 3.98. The van der Waals surface area contributed by atoms with E-state index >= 15 is 0 Å². The average Bonchev–Trinajstić information content (AvgIpc) is 2.72. The third kappa shape index (κ3) is 4.51. The van der Waals surface area contributed by atoms with Crippen LogP contribution >= 0.6 is 0 Å². The van der Waals surface area contributed by atoms with Crippen molar-refractivity contribution in [2.24, 2.45) is 5.92 Å². The molecule has 0 saturated heterocycles. The monoisotopic (exact) mass is 295 g/mol. The van der Waals surface area contributed by atoms with Gasteiger partial charge in [-0.1, -0.05) is 31.7 Å². The van der Waals surface area contributed by atoms with E-state index < -0.39 is 11.6 Å². The third-order valence-corrected chi connectivity index (χ3v) is 4.19. The largest absolute Gasteiger partial charge is 0.353 e. The molecule has 1 N–H and O–H groups in total. The Kier molecular flexibility index (Phi) is 5.71. The fourth-order valence-corrected chi connectivity index (χ4v) is 2.99. The number of hydrogen-bond acceptors (Lipinski definition) is 1. The van der Waals surface area contributed by atoms with Crippen molar-refractivity contribution in [1.82, 2.24) is 5.32 Å². The average molecular weight is 295 g/mol. The van der Waals surface area contributed by atoms with Crippen LogP contribution in [0, 0.1) is 17.6 Å². The molecule has 0 heterocycles. The smallest absolute Gasteiger partial charge is 0.223 e. The molecular formula is C17H23F2NO. The molecule has 21 heavy (non-hydrogen) atoms. The quantitative estimate of drug-likeness (QED) is 0.836. The molecule has 0 spiro atoms. The molecular weight excluding hydrogens is 272 g/mol. The number of hydrogen-bond donors (Lipinski definition) is 1. The maximum absolute atomic E-state index is 13.6. The minimum absolute atomic E-state index is 0.0288. The van der Waals surface area contributed by atoms with E-state index in [4.69, 9.17) is 0 Å². The Hall–Kier alpha value is -1.45. The summed E-state index contributed by atoms with van der Waals surface area (Å²) in [6.45, 7) is 1.79. The number of benzene rings is 1. The second kappa shape index (κ2) is 7.53. The van der Waals surface area contributed by atoms with Crippen LogP contribution in [0.5, 0.6) is 0 Å². The molecule has 1 aliphatic carbocycles. The molecule has 0 unspecified atom stereocenters. The standard InChI is InChI=1S/C17H23F2NO/c1-12(11-14-15(18)9-6-10-16(14)19)20-17(21)13-7-4-2-3-5-8-13/h6,9-10,12-13H,2-5,7-8,11H2,1H3,(H,20,21)/t12-/m1/s1. The second-order valence-electron chi connectivity index (χ2n) is 6.00. The summed E-state index contributed by atoms with van der Waals surface area (Å²) in [5.74, 6) is -1.02. The lowest BCUT2D eigenvalue weighted by Gasteiger charge is -2.19. The Balaban J connectivity index is 1.91. The Morgan fingerprint density at radius 1 is 1.19 bits per heavy atom. The molecule has 1 aliphatic rings. The minimum atomic E-state index is -0.550. The number of carbonyl (C=O) groups is 1. The molecule has 1 aromatic carbocycles. The van der Waals surface area contributed by atoms with Gasteiger partial charge in [0.05, 0.1) is 0 Å². The van der Waals surface area contributed by atoms with Crippen LogP contribution in [0.4, 0.5) is 8.78 Å². The summed E-state index contributed by atoms with van der Waals surface area (Å²) < 4.78 is 27.2. The summed E-state index contributed by atoms with van der Waals surface area (Å²) in [6.07, 6.45) is 6.60. The van der Waals surface area contributed by atoms with Gasteiger partial charge in [-0.25, -0.2) is 8.78 Å². The summed E-state index contributed by atoms with van der Waals surface area (Å²) in [5.41, 5.74) is 0.0474. The van der Waals surface area contributed by atoms with Gasteiger partial charge in [0.2, 0.25) is 5.91 Å². The summed E-state index contributed by atoms with van der Waals surface area (Å²) in [5, 5.41) is 2.91. The molecule has 1 fully saturated rings. The van der Waals surface area contributed by atoms with Crippen molar-refractivity contribution in [3.8, 4) is 0 Å². The molecule has 0 aliphatic heterocycles. The van der Waals surface area contributed by atoms with Crippen LogP contribution in [-0.4, -0.2) is 11.9 Å². The molecule has 4 heteroatoms. The lowest BCUT2D eigenvalue weighted by molar-refractivity contribution is -0.126. The lowest BCUT2D eigenvalue weighted by atomic mass is 9.98. The Bertz CT molecular complexity index is 461. The molecule has 1 amide bonds. The first-order chi connectivity index (χ1) is 10.1. The zero-order valence-electron chi connectivity index (χ0n) is 12.5. The van der Waals surface area contributed by atoms with Gasteiger partial charge in [-0.05, 0) is 38.3 Å². The first-order valence-electron chi connectivity index (χ1n) is 7.81. The van der Waals surface area contributed by atoms with Crippen LogP contribution in [0.3, 0.4) is 0 Å². The number of rotatable bonds is 4. The molecule has 1 saturated carbocycles. The molecule has 2 nitrogen and oxygen atoms in total. The molecule has 1 atom stereocenters. The highest BCUT2D eigenvalue weighted by atomic mass is 19.1. The first-order valence-corrected chi connectivity index (χ1v) is 7.81. The van der Waals surface area contributed by atoms with Crippen LogP contribution in [-0.2, 0) is 11.2 Å². The highest BCUT2D eigenvalue weighted by Gasteiger charge is 2.22. The Morgan fingerprint density at radius 3 is 2.33 bits per heavy atom. The second-order valence-corrected chi connectivity index (χ2v) is 6.00. The molecule has 0 bridgehead atoms. The van der Waals surface area contributed by atoms with Crippen molar-refractivity contribution in [3.63, 3.8) is 0 Å². The predicted molar refractivity (Wildman–Crippen MR) is 78.9 cm³/mol. The maximum Gasteiger partial charge on any atom is 0.223 e. The zero-order valence-corrected chi connectivity index (χ0v) is 12.5. The van der Waals surface area contributed by atoms with Crippen molar-refractivity contribution in [1.29, 1.82) is 0 Å². The number of amides is 1. The normalized spacial score (nSPS) is 18.0. The van der Waals surface area contributed by atoms with Gasteiger partial charge in [-0.15, -0.1) is 0 Å². The van der Waals surface area contributed by atoms with Crippen LogP contribution in [0.15, 0.2) is 18.2 Å². The van der Waals surface area contributed by atoms with Gasteiger partial charge in [-0.3, -0.25) is 4.79 Å². The Labute approximate surface area is 124 Å². The van der Waals surface area contributed by atoms with Gasteiger partial charge in [0, 0.05) is 17.5 Å². The molecule has 2 rings (SSSR count).